The van der Waals surface area contributed by atoms with E-state index in [0.29, 0.717) is 5.56 Å². The highest BCUT2D eigenvalue weighted by Gasteiger charge is 2.56. The Kier molecular flexibility index (Phi) is 4.17. The number of carbonyl (C=O) groups is 3. The van der Waals surface area contributed by atoms with E-state index in [-0.39, 0.29) is 45.5 Å². The summed E-state index contributed by atoms with van der Waals surface area (Å²) in [6, 6.07) is 5.44. The number of hydrogen-bond acceptors (Lipinski definition) is 7. The van der Waals surface area contributed by atoms with Crippen molar-refractivity contribution in [2.45, 2.75) is 26.2 Å². The number of phenolic OH excluding ortho intramolecular Hbond substituents is 1. The lowest BCUT2D eigenvalue weighted by Crippen LogP contribution is -2.38. The summed E-state index contributed by atoms with van der Waals surface area (Å²) in [6.45, 7) is 4.14. The number of fused-ring (bicyclic) bond motifs is 5. The molecule has 1 atom stereocenters. The number of rotatable bonds is 2. The number of halogens is 1. The van der Waals surface area contributed by atoms with Gasteiger partial charge < -0.3 is 19.7 Å². The third kappa shape index (κ3) is 2.64. The van der Waals surface area contributed by atoms with Crippen LogP contribution in [0, 0.1) is 12.7 Å². The number of benzene rings is 2. The Morgan fingerprint density at radius 2 is 1.76 bits per heavy atom. The summed E-state index contributed by atoms with van der Waals surface area (Å²) in [5.41, 5.74) is -1.25. The molecule has 0 unspecified atom stereocenters. The molecule has 0 aromatic heterocycles. The number of ketones is 3. The predicted molar refractivity (Wildman–Crippen MR) is 114 cm³/mol. The van der Waals surface area contributed by atoms with Crippen LogP contribution in [0.2, 0.25) is 0 Å². The highest BCUT2D eigenvalue weighted by atomic mass is 19.1. The molecule has 1 aliphatic carbocycles. The van der Waals surface area contributed by atoms with Crippen molar-refractivity contribution < 1.29 is 38.5 Å². The molecule has 5 rings (SSSR count). The van der Waals surface area contributed by atoms with E-state index in [9.17, 15) is 29.0 Å². The minimum Gasteiger partial charge on any atom is -0.507 e. The van der Waals surface area contributed by atoms with Crippen LogP contribution in [0.3, 0.4) is 0 Å². The fourth-order valence-electron chi connectivity index (χ4n) is 4.44. The van der Waals surface area contributed by atoms with Crippen molar-refractivity contribution in [3.8, 4) is 17.2 Å². The van der Waals surface area contributed by atoms with Gasteiger partial charge >= 0.3 is 0 Å². The van der Waals surface area contributed by atoms with Crippen LogP contribution < -0.4 is 9.47 Å². The Balaban J connectivity index is 1.70. The molecule has 2 aliphatic heterocycles. The van der Waals surface area contributed by atoms with Crippen molar-refractivity contribution in [2.75, 3.05) is 0 Å². The van der Waals surface area contributed by atoms with E-state index in [0.717, 1.165) is 13.0 Å². The maximum atomic E-state index is 13.3. The molecule has 0 saturated carbocycles. The van der Waals surface area contributed by atoms with E-state index in [1.165, 1.54) is 44.2 Å². The van der Waals surface area contributed by atoms with Crippen LogP contribution in [0.25, 0.3) is 6.08 Å². The summed E-state index contributed by atoms with van der Waals surface area (Å²) in [7, 11) is 0. The second-order valence-electron chi connectivity index (χ2n) is 8.25. The zero-order chi connectivity index (χ0) is 23.8. The van der Waals surface area contributed by atoms with Gasteiger partial charge in [-0.15, -0.1) is 0 Å². The van der Waals surface area contributed by atoms with Crippen LogP contribution in [-0.4, -0.2) is 27.6 Å². The van der Waals surface area contributed by atoms with E-state index >= 15 is 0 Å². The third-order valence-electron chi connectivity index (χ3n) is 6.21. The second kappa shape index (κ2) is 6.65. The average Bonchev–Trinajstić information content (AvgIpc) is 3.23. The number of hydrogen-bond donors (Lipinski definition) is 2. The molecule has 7 nitrogen and oxygen atoms in total. The number of aliphatic hydroxyl groups is 1. The molecule has 166 valence electrons. The molecule has 2 heterocycles. The molecule has 8 heteroatoms. The van der Waals surface area contributed by atoms with Crippen LogP contribution in [0.15, 0.2) is 53.2 Å². The first-order chi connectivity index (χ1) is 15.6. The number of aliphatic hydroxyl groups excluding tert-OH is 1. The van der Waals surface area contributed by atoms with Gasteiger partial charge in [-0.25, -0.2) is 4.39 Å². The van der Waals surface area contributed by atoms with Crippen molar-refractivity contribution in [1.82, 2.24) is 0 Å². The lowest BCUT2D eigenvalue weighted by Gasteiger charge is -2.27. The monoisotopic (exact) mass is 448 g/mol. The fourth-order valence-corrected chi connectivity index (χ4v) is 4.44. The van der Waals surface area contributed by atoms with Gasteiger partial charge in [0.15, 0.2) is 23.1 Å². The van der Waals surface area contributed by atoms with Gasteiger partial charge in [0, 0.05) is 11.6 Å². The first-order valence-corrected chi connectivity index (χ1v) is 10.0. The van der Waals surface area contributed by atoms with E-state index in [1.54, 1.807) is 0 Å². The quantitative estimate of drug-likeness (QED) is 0.528. The Hall–Kier alpha value is -4.20. The first-order valence-electron chi connectivity index (χ1n) is 10.0. The average molecular weight is 448 g/mol. The Morgan fingerprint density at radius 3 is 2.39 bits per heavy atom. The minimum absolute atomic E-state index is 0.0156. The minimum atomic E-state index is -1.61. The van der Waals surface area contributed by atoms with Crippen LogP contribution in [0.5, 0.6) is 17.2 Å². The molecular formula is C25H17FO7. The lowest BCUT2D eigenvalue weighted by molar-refractivity contribution is -0.123. The Labute approximate surface area is 187 Å². The largest absolute Gasteiger partial charge is 0.507 e. The maximum absolute atomic E-state index is 13.3. The molecule has 3 aliphatic rings. The lowest BCUT2D eigenvalue weighted by atomic mass is 9.71. The summed E-state index contributed by atoms with van der Waals surface area (Å²) in [5.74, 6) is -3.30. The Morgan fingerprint density at radius 1 is 1.09 bits per heavy atom. The summed E-state index contributed by atoms with van der Waals surface area (Å²) in [6.07, 6.45) is 2.58. The zero-order valence-corrected chi connectivity index (χ0v) is 17.8. The van der Waals surface area contributed by atoms with Gasteiger partial charge in [-0.05, 0) is 44.5 Å². The number of aromatic hydroxyl groups is 1. The SMILES string of the molecule is CC(=O)C1=C(O)C=C2Oc3c4c(c(C)c(O)c3[C@@]2(C)C1=O)O/C(=C\c1ccc(F)cc1)C4=O. The van der Waals surface area contributed by atoms with Crippen molar-refractivity contribution in [3.63, 3.8) is 0 Å². The topological polar surface area (TPSA) is 110 Å². The molecule has 2 aromatic rings. The highest BCUT2D eigenvalue weighted by Crippen LogP contribution is 2.59. The summed E-state index contributed by atoms with van der Waals surface area (Å²) >= 11 is 0. The number of phenols is 1. The number of ether oxygens (including phenoxy) is 2. The fraction of sp³-hybridized carbons (Fsp3) is 0.160. The molecule has 0 amide bonds. The molecule has 0 saturated heterocycles. The molecule has 0 spiro atoms. The standard InChI is InChI=1S/C25H17FO7/c1-10-20(29)19-23(33-16-9-14(28)17(11(2)27)24(31)25(16,19)3)18-21(30)15(32-22(10)18)8-12-4-6-13(26)7-5-12/h4-9,28-29H,1-3H3/b15-8-/t25-/m0/s1. The molecular weight excluding hydrogens is 431 g/mol. The van der Waals surface area contributed by atoms with Crippen molar-refractivity contribution >= 4 is 23.4 Å². The van der Waals surface area contributed by atoms with Gasteiger partial charge in [-0.3, -0.25) is 14.4 Å². The van der Waals surface area contributed by atoms with Gasteiger partial charge in [0.1, 0.15) is 45.4 Å². The zero-order valence-electron chi connectivity index (χ0n) is 17.8. The summed E-state index contributed by atoms with van der Waals surface area (Å²) in [5, 5.41) is 21.2. The molecule has 2 aromatic carbocycles. The van der Waals surface area contributed by atoms with Gasteiger partial charge in [0.25, 0.3) is 0 Å². The molecule has 2 N–H and O–H groups in total. The van der Waals surface area contributed by atoms with Gasteiger partial charge in [-0.1, -0.05) is 12.1 Å². The Bertz CT molecular complexity index is 1410. The third-order valence-corrected chi connectivity index (χ3v) is 6.21. The smallest absolute Gasteiger partial charge is 0.235 e. The van der Waals surface area contributed by atoms with Gasteiger partial charge in [0.05, 0.1) is 5.56 Å². The summed E-state index contributed by atoms with van der Waals surface area (Å²) in [4.78, 5) is 38.6. The van der Waals surface area contributed by atoms with E-state index < -0.39 is 39.9 Å². The van der Waals surface area contributed by atoms with Crippen LogP contribution >= 0.6 is 0 Å². The van der Waals surface area contributed by atoms with Crippen molar-refractivity contribution in [1.29, 1.82) is 0 Å². The molecule has 0 bridgehead atoms. The van der Waals surface area contributed by atoms with Crippen molar-refractivity contribution in [3.05, 3.63) is 81.3 Å². The molecule has 33 heavy (non-hydrogen) atoms. The highest BCUT2D eigenvalue weighted by molar-refractivity contribution is 6.26. The summed E-state index contributed by atoms with van der Waals surface area (Å²) < 4.78 is 24.8. The van der Waals surface area contributed by atoms with Gasteiger partial charge in [-0.2, -0.15) is 0 Å². The van der Waals surface area contributed by atoms with E-state index in [2.05, 4.69) is 0 Å². The van der Waals surface area contributed by atoms with Crippen molar-refractivity contribution in [2.24, 2.45) is 0 Å². The molecule has 0 radical (unpaired) electrons. The predicted octanol–water partition coefficient (Wildman–Crippen LogP) is 3.97. The normalized spacial score (nSPS) is 21.9. The second-order valence-corrected chi connectivity index (χ2v) is 8.25. The van der Waals surface area contributed by atoms with E-state index in [4.69, 9.17) is 9.47 Å². The van der Waals surface area contributed by atoms with Crippen LogP contribution in [0.1, 0.15) is 40.9 Å². The molecule has 0 fully saturated rings. The van der Waals surface area contributed by atoms with E-state index in [1.807, 2.05) is 0 Å². The van der Waals surface area contributed by atoms with Crippen LogP contribution in [0.4, 0.5) is 4.39 Å². The number of carbonyl (C=O) groups excluding carboxylic acids is 3. The van der Waals surface area contributed by atoms with Gasteiger partial charge in [0.2, 0.25) is 5.78 Å². The first kappa shape index (κ1) is 20.7. The number of allylic oxidation sites excluding steroid dienone is 4. The maximum Gasteiger partial charge on any atom is 0.235 e. The van der Waals surface area contributed by atoms with Crippen LogP contribution in [-0.2, 0) is 15.0 Å². The number of Topliss-reactive ketones (excluding diaryl/α,β-unsaturated/α-hetero) is 3.